The summed E-state index contributed by atoms with van der Waals surface area (Å²) in [6.45, 7) is 4.86. The van der Waals surface area contributed by atoms with Gasteiger partial charge in [-0.1, -0.05) is 6.92 Å². The van der Waals surface area contributed by atoms with E-state index in [4.69, 9.17) is 0 Å². The minimum atomic E-state index is 0.0130. The average Bonchev–Trinajstić information content (AvgIpc) is 2.68. The molecule has 2 aliphatic rings. The molecule has 0 saturated carbocycles. The van der Waals surface area contributed by atoms with Gasteiger partial charge in [-0.3, -0.25) is 4.79 Å². The molecular formula is C18H27N5O2. The topological polar surface area (TPSA) is 78.4 Å². The predicted molar refractivity (Wildman–Crippen MR) is 94.0 cm³/mol. The van der Waals surface area contributed by atoms with Gasteiger partial charge in [-0.05, 0) is 31.7 Å². The van der Waals surface area contributed by atoms with Crippen LogP contribution in [0.4, 0.5) is 4.79 Å². The zero-order valence-electron chi connectivity index (χ0n) is 14.9. The Bertz CT molecular complexity index is 586. The van der Waals surface area contributed by atoms with Gasteiger partial charge >= 0.3 is 6.03 Å². The van der Waals surface area contributed by atoms with Gasteiger partial charge in [-0.25, -0.2) is 14.8 Å². The Kier molecular flexibility index (Phi) is 5.83. The fourth-order valence-corrected chi connectivity index (χ4v) is 3.71. The molecule has 0 radical (unpaired) electrons. The molecule has 3 rings (SSSR count). The van der Waals surface area contributed by atoms with E-state index in [0.29, 0.717) is 13.0 Å². The molecule has 1 aromatic heterocycles. The fraction of sp³-hybridized carbons (Fsp3) is 0.667. The largest absolute Gasteiger partial charge is 0.343 e. The molecule has 136 valence electrons. The van der Waals surface area contributed by atoms with E-state index < -0.39 is 0 Å². The van der Waals surface area contributed by atoms with Gasteiger partial charge in [-0.15, -0.1) is 0 Å². The minimum Gasteiger partial charge on any atom is -0.343 e. The van der Waals surface area contributed by atoms with E-state index in [9.17, 15) is 9.59 Å². The maximum atomic E-state index is 12.6. The highest BCUT2D eigenvalue weighted by molar-refractivity contribution is 5.76. The van der Waals surface area contributed by atoms with Gasteiger partial charge < -0.3 is 15.1 Å². The van der Waals surface area contributed by atoms with Crippen LogP contribution < -0.4 is 5.32 Å². The van der Waals surface area contributed by atoms with Crippen LogP contribution in [0.3, 0.4) is 0 Å². The van der Waals surface area contributed by atoms with Crippen molar-refractivity contribution >= 4 is 11.9 Å². The van der Waals surface area contributed by atoms with Crippen molar-refractivity contribution in [1.29, 1.82) is 0 Å². The molecule has 1 N–H and O–H groups in total. The molecule has 1 atom stereocenters. The molecule has 3 heterocycles. The summed E-state index contributed by atoms with van der Waals surface area (Å²) in [4.78, 5) is 36.5. The van der Waals surface area contributed by atoms with Crippen molar-refractivity contribution in [2.75, 3.05) is 26.2 Å². The number of nitrogens with zero attached hydrogens (tertiary/aromatic N) is 4. The Hall–Kier alpha value is -2.18. The van der Waals surface area contributed by atoms with Crippen LogP contribution in [0.5, 0.6) is 0 Å². The number of carbonyl (C=O) groups excluding carboxylic acids is 2. The summed E-state index contributed by atoms with van der Waals surface area (Å²) in [5.74, 6) is 0.486. The molecule has 0 aliphatic carbocycles. The van der Waals surface area contributed by atoms with Gasteiger partial charge in [-0.2, -0.15) is 0 Å². The Balaban J connectivity index is 1.49. The highest BCUT2D eigenvalue weighted by atomic mass is 16.2. The molecule has 0 spiro atoms. The lowest BCUT2D eigenvalue weighted by molar-refractivity contribution is -0.131. The summed E-state index contributed by atoms with van der Waals surface area (Å²) >= 11 is 0. The first-order valence-corrected chi connectivity index (χ1v) is 9.26. The van der Waals surface area contributed by atoms with Crippen molar-refractivity contribution < 1.29 is 9.59 Å². The van der Waals surface area contributed by atoms with Gasteiger partial charge in [0.2, 0.25) is 5.91 Å². The Morgan fingerprint density at radius 2 is 2.00 bits per heavy atom. The normalized spacial score (nSPS) is 21.9. The van der Waals surface area contributed by atoms with Crippen molar-refractivity contribution in [3.8, 4) is 0 Å². The number of urea groups is 1. The summed E-state index contributed by atoms with van der Waals surface area (Å²) in [5.41, 5.74) is 1.01. The first kappa shape index (κ1) is 17.6. The summed E-state index contributed by atoms with van der Waals surface area (Å²) in [7, 11) is 0. The van der Waals surface area contributed by atoms with Gasteiger partial charge in [0.15, 0.2) is 0 Å². The molecule has 3 amide bonds. The second kappa shape index (κ2) is 8.27. The standard InChI is InChI=1S/C18H27N5O2/c1-2-17(24)22-10-6-15(7-11-22)21-18(25)23-9-3-4-14(12-23)16-5-8-19-13-20-16/h5,8,13-15H,2-4,6-7,9-12H2,1H3,(H,21,25)/t14-/m1/s1. The highest BCUT2D eigenvalue weighted by Gasteiger charge is 2.28. The van der Waals surface area contributed by atoms with E-state index in [-0.39, 0.29) is 23.9 Å². The third-order valence-corrected chi connectivity index (χ3v) is 5.21. The number of rotatable bonds is 3. The van der Waals surface area contributed by atoms with Crippen LogP contribution in [0.15, 0.2) is 18.6 Å². The fourth-order valence-electron chi connectivity index (χ4n) is 3.71. The van der Waals surface area contributed by atoms with E-state index in [2.05, 4.69) is 15.3 Å². The zero-order valence-corrected chi connectivity index (χ0v) is 14.9. The summed E-state index contributed by atoms with van der Waals surface area (Å²) in [6.07, 6.45) is 7.59. The third kappa shape index (κ3) is 4.46. The Morgan fingerprint density at radius 1 is 1.20 bits per heavy atom. The van der Waals surface area contributed by atoms with E-state index >= 15 is 0 Å². The summed E-state index contributed by atoms with van der Waals surface area (Å²) in [6, 6.07) is 2.11. The zero-order chi connectivity index (χ0) is 17.6. The molecule has 2 fully saturated rings. The highest BCUT2D eigenvalue weighted by Crippen LogP contribution is 2.25. The second-order valence-electron chi connectivity index (χ2n) is 6.88. The number of nitrogens with one attached hydrogen (secondary N) is 1. The van der Waals surface area contributed by atoms with Crippen LogP contribution >= 0.6 is 0 Å². The van der Waals surface area contributed by atoms with Crippen molar-refractivity contribution in [2.45, 2.75) is 51.0 Å². The number of aromatic nitrogens is 2. The quantitative estimate of drug-likeness (QED) is 0.905. The van der Waals surface area contributed by atoms with Crippen molar-refractivity contribution in [2.24, 2.45) is 0 Å². The number of piperidine rings is 2. The molecule has 2 saturated heterocycles. The van der Waals surface area contributed by atoms with E-state index in [0.717, 1.165) is 51.0 Å². The Morgan fingerprint density at radius 3 is 2.68 bits per heavy atom. The average molecular weight is 345 g/mol. The Labute approximate surface area is 148 Å². The van der Waals surface area contributed by atoms with Crippen molar-refractivity contribution in [3.63, 3.8) is 0 Å². The van der Waals surface area contributed by atoms with Crippen molar-refractivity contribution in [1.82, 2.24) is 25.1 Å². The van der Waals surface area contributed by atoms with Crippen LogP contribution in [-0.4, -0.2) is 63.9 Å². The molecule has 7 nitrogen and oxygen atoms in total. The second-order valence-corrected chi connectivity index (χ2v) is 6.88. The molecule has 0 aromatic carbocycles. The van der Waals surface area contributed by atoms with Crippen LogP contribution in [0.2, 0.25) is 0 Å². The molecule has 1 aromatic rings. The lowest BCUT2D eigenvalue weighted by atomic mass is 9.95. The van der Waals surface area contributed by atoms with Crippen LogP contribution in [-0.2, 0) is 4.79 Å². The molecule has 25 heavy (non-hydrogen) atoms. The summed E-state index contributed by atoms with van der Waals surface area (Å²) in [5, 5.41) is 3.15. The van der Waals surface area contributed by atoms with Gasteiger partial charge in [0.1, 0.15) is 6.33 Å². The van der Waals surface area contributed by atoms with Crippen molar-refractivity contribution in [3.05, 3.63) is 24.3 Å². The predicted octanol–water partition coefficient (Wildman–Crippen LogP) is 1.77. The number of hydrogen-bond donors (Lipinski definition) is 1. The van der Waals surface area contributed by atoms with Gasteiger partial charge in [0, 0.05) is 56.5 Å². The van der Waals surface area contributed by atoms with Crippen LogP contribution in [0, 0.1) is 0 Å². The number of carbonyl (C=O) groups is 2. The lowest BCUT2D eigenvalue weighted by Crippen LogP contribution is -2.51. The molecule has 0 unspecified atom stereocenters. The molecule has 7 heteroatoms. The van der Waals surface area contributed by atoms with E-state index in [1.165, 1.54) is 0 Å². The summed E-state index contributed by atoms with van der Waals surface area (Å²) < 4.78 is 0. The van der Waals surface area contributed by atoms with Gasteiger partial charge in [0.25, 0.3) is 0 Å². The monoisotopic (exact) mass is 345 g/mol. The maximum Gasteiger partial charge on any atom is 0.317 e. The van der Waals surface area contributed by atoms with E-state index in [1.807, 2.05) is 22.8 Å². The van der Waals surface area contributed by atoms with Crippen LogP contribution in [0.1, 0.15) is 50.6 Å². The first-order valence-electron chi connectivity index (χ1n) is 9.26. The van der Waals surface area contributed by atoms with Crippen LogP contribution in [0.25, 0.3) is 0 Å². The first-order chi connectivity index (χ1) is 12.2. The molecule has 0 bridgehead atoms. The lowest BCUT2D eigenvalue weighted by Gasteiger charge is -2.36. The SMILES string of the molecule is CCC(=O)N1CCC(NC(=O)N2CCC[C@@H](c3ccncn3)C2)CC1. The third-order valence-electron chi connectivity index (χ3n) is 5.21. The maximum absolute atomic E-state index is 12.6. The molecular weight excluding hydrogens is 318 g/mol. The van der Waals surface area contributed by atoms with E-state index in [1.54, 1.807) is 12.5 Å². The minimum absolute atomic E-state index is 0.0130. The van der Waals surface area contributed by atoms with Gasteiger partial charge in [0.05, 0.1) is 0 Å². The smallest absolute Gasteiger partial charge is 0.317 e. The number of amides is 3. The number of hydrogen-bond acceptors (Lipinski definition) is 4. The number of likely N-dealkylation sites (tertiary alicyclic amines) is 2. The molecule has 2 aliphatic heterocycles.